The molecule has 0 saturated carbocycles. The van der Waals surface area contributed by atoms with E-state index in [0.29, 0.717) is 0 Å². The van der Waals surface area contributed by atoms with Crippen LogP contribution in [0.3, 0.4) is 0 Å². The minimum absolute atomic E-state index is 0.159. The van der Waals surface area contributed by atoms with Gasteiger partial charge in [0.1, 0.15) is 5.69 Å². The van der Waals surface area contributed by atoms with E-state index in [2.05, 4.69) is 17.8 Å². The molecule has 2 aromatic rings. The van der Waals surface area contributed by atoms with Crippen molar-refractivity contribution in [2.75, 3.05) is 0 Å². The second kappa shape index (κ2) is 4.60. The summed E-state index contributed by atoms with van der Waals surface area (Å²) in [6, 6.07) is 8.29. The molecule has 0 bridgehead atoms. The van der Waals surface area contributed by atoms with Gasteiger partial charge in [-0.1, -0.05) is 24.3 Å². The van der Waals surface area contributed by atoms with Crippen LogP contribution in [0.2, 0.25) is 0 Å². The lowest BCUT2D eigenvalue weighted by Crippen LogP contribution is -2.00. The van der Waals surface area contributed by atoms with Gasteiger partial charge >= 0.3 is 0 Å². The lowest BCUT2D eigenvalue weighted by molar-refractivity contribution is 0.412. The zero-order valence-electron chi connectivity index (χ0n) is 8.98. The quantitative estimate of drug-likeness (QED) is 0.331. The normalized spacial score (nSPS) is 10.4. The van der Waals surface area contributed by atoms with Crippen molar-refractivity contribution >= 4 is 12.4 Å². The first-order chi connectivity index (χ1) is 8.57. The molecule has 2 rings (SSSR count). The molecule has 0 N–H and O–H groups in total. The van der Waals surface area contributed by atoms with Crippen LogP contribution in [0.25, 0.3) is 11.1 Å². The minimum Gasteiger partial charge on any atom is -0.261 e. The molecule has 0 aliphatic rings. The number of hydrogen-bond donors (Lipinski definition) is 0. The van der Waals surface area contributed by atoms with E-state index in [4.69, 9.17) is 0 Å². The van der Waals surface area contributed by atoms with Crippen molar-refractivity contribution in [3.8, 4) is 11.1 Å². The van der Waals surface area contributed by atoms with Crippen LogP contribution in [0.15, 0.2) is 29.3 Å². The lowest BCUT2D eigenvalue weighted by Gasteiger charge is -2.10. The van der Waals surface area contributed by atoms with Crippen molar-refractivity contribution < 1.29 is 17.6 Å². The lowest BCUT2D eigenvalue weighted by atomic mass is 10.0. The highest BCUT2D eigenvalue weighted by Crippen LogP contribution is 2.37. The highest BCUT2D eigenvalue weighted by Gasteiger charge is 2.25. The topological polar surface area (TPSA) is 12.4 Å². The molecule has 0 aliphatic heterocycles. The highest BCUT2D eigenvalue weighted by molar-refractivity contribution is 5.78. The van der Waals surface area contributed by atoms with Gasteiger partial charge in [0.2, 0.25) is 0 Å². The van der Waals surface area contributed by atoms with Gasteiger partial charge in [-0.2, -0.15) is 0 Å². The summed E-state index contributed by atoms with van der Waals surface area (Å²) in [5, 5.41) is 0. The van der Waals surface area contributed by atoms with Crippen LogP contribution in [0.4, 0.5) is 23.2 Å². The molecule has 0 aliphatic carbocycles. The average Bonchev–Trinajstić information content (AvgIpc) is 2.41. The highest BCUT2D eigenvalue weighted by atomic mass is 19.2. The van der Waals surface area contributed by atoms with Crippen LogP contribution in [0.1, 0.15) is 0 Å². The summed E-state index contributed by atoms with van der Waals surface area (Å²) in [7, 11) is 0. The maximum atomic E-state index is 13.7. The fourth-order valence-electron chi connectivity index (χ4n) is 1.59. The van der Waals surface area contributed by atoms with Crippen molar-refractivity contribution in [2.24, 2.45) is 4.99 Å². The van der Waals surface area contributed by atoms with Crippen LogP contribution in [0, 0.1) is 29.3 Å². The van der Waals surface area contributed by atoms with E-state index < -0.39 is 34.5 Å². The number of benzene rings is 2. The molecule has 1 radical (unpaired) electrons. The summed E-state index contributed by atoms with van der Waals surface area (Å²) >= 11 is 0. The largest absolute Gasteiger partial charge is 0.261 e. The first-order valence-electron chi connectivity index (χ1n) is 4.87. The maximum absolute atomic E-state index is 13.7. The molecule has 18 heavy (non-hydrogen) atoms. The molecule has 2 aromatic carbocycles. The maximum Gasteiger partial charge on any atom is 0.199 e. The molecule has 0 spiro atoms. The van der Waals surface area contributed by atoms with E-state index in [-0.39, 0.29) is 5.56 Å². The molecule has 0 unspecified atom stereocenters. The van der Waals surface area contributed by atoms with E-state index in [1.165, 1.54) is 24.3 Å². The molecular weight excluding hydrogens is 246 g/mol. The third kappa shape index (κ3) is 1.77. The Morgan fingerprint density at radius 2 is 1.44 bits per heavy atom. The van der Waals surface area contributed by atoms with Crippen molar-refractivity contribution in [3.05, 3.63) is 53.6 Å². The monoisotopic (exact) mass is 252 g/mol. The van der Waals surface area contributed by atoms with Gasteiger partial charge in [-0.15, -0.1) is 0 Å². The second-order valence-corrected chi connectivity index (χ2v) is 3.43. The van der Waals surface area contributed by atoms with E-state index in [0.717, 1.165) is 0 Å². The molecule has 0 amide bonds. The van der Waals surface area contributed by atoms with Crippen molar-refractivity contribution in [2.45, 2.75) is 0 Å². The van der Waals surface area contributed by atoms with Gasteiger partial charge in [-0.3, -0.25) is 4.99 Å². The fourth-order valence-corrected chi connectivity index (χ4v) is 1.59. The number of nitrogens with zero attached hydrogens (tertiary/aromatic N) is 1. The molecule has 0 atom stereocenters. The van der Waals surface area contributed by atoms with Gasteiger partial charge in [0.05, 0.1) is 0 Å². The average molecular weight is 252 g/mol. The van der Waals surface area contributed by atoms with E-state index in [1.807, 2.05) is 0 Å². The van der Waals surface area contributed by atoms with Gasteiger partial charge in [0.25, 0.3) is 0 Å². The van der Waals surface area contributed by atoms with Crippen LogP contribution >= 0.6 is 0 Å². The first-order valence-corrected chi connectivity index (χ1v) is 4.87. The van der Waals surface area contributed by atoms with Crippen LogP contribution < -0.4 is 0 Å². The molecular formula is C13H6F4N. The Balaban J connectivity index is 2.86. The fraction of sp³-hybridized carbons (Fsp3) is 0. The molecule has 91 valence electrons. The van der Waals surface area contributed by atoms with Crippen LogP contribution in [-0.2, 0) is 0 Å². The summed E-state index contributed by atoms with van der Waals surface area (Å²) in [5.74, 6) is -6.84. The van der Waals surface area contributed by atoms with Gasteiger partial charge in [0, 0.05) is 5.56 Å². The number of halogens is 4. The first kappa shape index (κ1) is 12.3. The zero-order valence-corrected chi connectivity index (χ0v) is 8.98. The van der Waals surface area contributed by atoms with Gasteiger partial charge in [0.15, 0.2) is 23.3 Å². The Labute approximate surface area is 100 Å². The molecule has 0 heterocycles. The standard InChI is InChI=1S/C13H6F4N/c1-18-13-8(7-5-3-2-4-6-7)9(14)10(15)11(16)12(13)17/h3-6H,1H2. The van der Waals surface area contributed by atoms with Gasteiger partial charge in [-0.25, -0.2) is 17.6 Å². The number of hydrogen-bond acceptors (Lipinski definition) is 1. The summed E-state index contributed by atoms with van der Waals surface area (Å²) in [6.07, 6.45) is 0. The van der Waals surface area contributed by atoms with E-state index in [1.54, 1.807) is 0 Å². The summed E-state index contributed by atoms with van der Waals surface area (Å²) < 4.78 is 53.4. The van der Waals surface area contributed by atoms with Crippen LogP contribution in [-0.4, -0.2) is 6.72 Å². The van der Waals surface area contributed by atoms with E-state index in [9.17, 15) is 17.6 Å². The Bertz CT molecular complexity index is 608. The molecule has 0 fully saturated rings. The van der Waals surface area contributed by atoms with Crippen molar-refractivity contribution in [3.63, 3.8) is 0 Å². The molecule has 1 nitrogen and oxygen atoms in total. The molecule has 0 saturated heterocycles. The Morgan fingerprint density at radius 3 is 2.00 bits per heavy atom. The summed E-state index contributed by atoms with van der Waals surface area (Å²) in [6.45, 7) is 3.04. The smallest absolute Gasteiger partial charge is 0.199 e. The number of aliphatic imine (C=N–C) groups is 1. The minimum atomic E-state index is -1.90. The SMILES string of the molecule is C=Nc1c(F)c(F)c(F)c(F)c1-c1cc[c]cc1. The third-order valence-electron chi connectivity index (χ3n) is 2.41. The predicted octanol–water partition coefficient (Wildman–Crippen LogP) is 4.04. The zero-order chi connectivity index (χ0) is 13.3. The second-order valence-electron chi connectivity index (χ2n) is 3.43. The third-order valence-corrected chi connectivity index (χ3v) is 2.41. The van der Waals surface area contributed by atoms with E-state index >= 15 is 0 Å². The Morgan fingerprint density at radius 1 is 0.889 bits per heavy atom. The van der Waals surface area contributed by atoms with Crippen LogP contribution in [0.5, 0.6) is 0 Å². The van der Waals surface area contributed by atoms with Gasteiger partial charge in [-0.05, 0) is 18.3 Å². The molecule has 5 heteroatoms. The van der Waals surface area contributed by atoms with Crippen molar-refractivity contribution in [1.82, 2.24) is 0 Å². The number of rotatable bonds is 2. The van der Waals surface area contributed by atoms with Gasteiger partial charge < -0.3 is 0 Å². The molecule has 0 aromatic heterocycles. The Hall–Kier alpha value is -2.17. The summed E-state index contributed by atoms with van der Waals surface area (Å²) in [5.41, 5.74) is -0.959. The Kier molecular flexibility index (Phi) is 3.14. The van der Waals surface area contributed by atoms with Crippen molar-refractivity contribution in [1.29, 1.82) is 0 Å². The predicted molar refractivity (Wildman–Crippen MR) is 59.8 cm³/mol. The summed E-state index contributed by atoms with van der Waals surface area (Å²) in [4.78, 5) is 3.23.